The lowest BCUT2D eigenvalue weighted by Crippen LogP contribution is -2.33. The zero-order valence-corrected chi connectivity index (χ0v) is 15.0. The topological polar surface area (TPSA) is 67.4 Å². The lowest BCUT2D eigenvalue weighted by atomic mass is 10.1. The normalized spacial score (nSPS) is 14.0. The molecular formula is C21H24N2O3. The fourth-order valence-electron chi connectivity index (χ4n) is 3.16. The molecule has 0 aliphatic heterocycles. The van der Waals surface area contributed by atoms with Gasteiger partial charge in [0.25, 0.3) is 11.8 Å². The van der Waals surface area contributed by atoms with Gasteiger partial charge in [0, 0.05) is 6.04 Å². The number of anilines is 1. The van der Waals surface area contributed by atoms with Crippen LogP contribution in [0.1, 0.15) is 41.6 Å². The molecule has 2 aromatic rings. The lowest BCUT2D eigenvalue weighted by Gasteiger charge is -2.15. The van der Waals surface area contributed by atoms with E-state index in [9.17, 15) is 9.59 Å². The maximum absolute atomic E-state index is 12.5. The van der Waals surface area contributed by atoms with Gasteiger partial charge in [0.2, 0.25) is 0 Å². The molecule has 5 heteroatoms. The third-order valence-corrected chi connectivity index (χ3v) is 4.50. The van der Waals surface area contributed by atoms with Crippen molar-refractivity contribution in [1.82, 2.24) is 5.32 Å². The summed E-state index contributed by atoms with van der Waals surface area (Å²) in [5.74, 6) is 0.201. The summed E-state index contributed by atoms with van der Waals surface area (Å²) in [6.45, 7) is 1.86. The molecule has 5 nitrogen and oxygen atoms in total. The molecule has 0 unspecified atom stereocenters. The molecule has 2 amide bonds. The summed E-state index contributed by atoms with van der Waals surface area (Å²) in [5.41, 5.74) is 2.04. The average Bonchev–Trinajstić information content (AvgIpc) is 3.13. The smallest absolute Gasteiger partial charge is 0.262 e. The van der Waals surface area contributed by atoms with E-state index < -0.39 is 0 Å². The number of carbonyl (C=O) groups is 2. The first-order valence-corrected chi connectivity index (χ1v) is 9.01. The Hall–Kier alpha value is -2.82. The maximum Gasteiger partial charge on any atom is 0.262 e. The Morgan fingerprint density at radius 1 is 1.08 bits per heavy atom. The number of para-hydroxylation sites is 1. The fourth-order valence-corrected chi connectivity index (χ4v) is 3.16. The minimum Gasteiger partial charge on any atom is -0.484 e. The average molecular weight is 352 g/mol. The molecule has 1 saturated carbocycles. The number of hydrogen-bond acceptors (Lipinski definition) is 3. The third kappa shape index (κ3) is 4.85. The van der Waals surface area contributed by atoms with E-state index >= 15 is 0 Å². The van der Waals surface area contributed by atoms with Gasteiger partial charge in [0.15, 0.2) is 6.61 Å². The van der Waals surface area contributed by atoms with Gasteiger partial charge in [-0.25, -0.2) is 0 Å². The van der Waals surface area contributed by atoms with Crippen LogP contribution < -0.4 is 15.4 Å². The van der Waals surface area contributed by atoms with Gasteiger partial charge >= 0.3 is 0 Å². The van der Waals surface area contributed by atoms with Crippen molar-refractivity contribution in [2.24, 2.45) is 0 Å². The van der Waals surface area contributed by atoms with Crippen molar-refractivity contribution in [3.05, 3.63) is 59.7 Å². The minimum atomic E-state index is -0.298. The molecule has 0 radical (unpaired) electrons. The van der Waals surface area contributed by atoms with Crippen molar-refractivity contribution in [3.8, 4) is 5.75 Å². The van der Waals surface area contributed by atoms with Crippen LogP contribution in [-0.2, 0) is 4.79 Å². The molecule has 136 valence electrons. The number of hydrogen-bond donors (Lipinski definition) is 2. The van der Waals surface area contributed by atoms with E-state index in [2.05, 4.69) is 10.6 Å². The SMILES string of the molecule is Cc1cccc(OCC(=O)Nc2ccccc2C(=O)NC2CCCC2)c1. The van der Waals surface area contributed by atoms with Gasteiger partial charge in [0.05, 0.1) is 11.3 Å². The number of amides is 2. The number of rotatable bonds is 6. The van der Waals surface area contributed by atoms with Crippen molar-refractivity contribution in [2.45, 2.75) is 38.6 Å². The highest BCUT2D eigenvalue weighted by Gasteiger charge is 2.20. The van der Waals surface area contributed by atoms with E-state index in [-0.39, 0.29) is 24.5 Å². The Kier molecular flexibility index (Phi) is 5.89. The van der Waals surface area contributed by atoms with Crippen LogP contribution in [0, 0.1) is 6.92 Å². The second-order valence-electron chi connectivity index (χ2n) is 6.65. The first-order chi connectivity index (χ1) is 12.6. The maximum atomic E-state index is 12.5. The van der Waals surface area contributed by atoms with E-state index in [1.54, 1.807) is 24.3 Å². The molecule has 2 N–H and O–H groups in total. The summed E-state index contributed by atoms with van der Waals surface area (Å²) < 4.78 is 5.52. The molecule has 2 aromatic carbocycles. The monoisotopic (exact) mass is 352 g/mol. The largest absolute Gasteiger partial charge is 0.484 e. The van der Waals surface area contributed by atoms with Crippen molar-refractivity contribution >= 4 is 17.5 Å². The van der Waals surface area contributed by atoms with Gasteiger partial charge in [-0.15, -0.1) is 0 Å². The van der Waals surface area contributed by atoms with E-state index in [0.29, 0.717) is 17.0 Å². The number of nitrogens with one attached hydrogen (secondary N) is 2. The molecule has 0 saturated heterocycles. The van der Waals surface area contributed by atoms with Gasteiger partial charge in [-0.05, 0) is 49.6 Å². The minimum absolute atomic E-state index is 0.109. The highest BCUT2D eigenvalue weighted by molar-refractivity contribution is 6.04. The van der Waals surface area contributed by atoms with Crippen LogP contribution in [0.2, 0.25) is 0 Å². The molecule has 0 heterocycles. The molecule has 1 aliphatic carbocycles. The molecule has 0 spiro atoms. The highest BCUT2D eigenvalue weighted by Crippen LogP contribution is 2.20. The second-order valence-corrected chi connectivity index (χ2v) is 6.65. The first kappa shape index (κ1) is 18.0. The van der Waals surface area contributed by atoms with E-state index in [4.69, 9.17) is 4.74 Å². The number of aryl methyl sites for hydroxylation is 1. The van der Waals surface area contributed by atoms with Gasteiger partial charge in [-0.1, -0.05) is 37.1 Å². The van der Waals surface area contributed by atoms with Gasteiger partial charge in [-0.2, -0.15) is 0 Å². The molecule has 26 heavy (non-hydrogen) atoms. The Balaban J connectivity index is 1.60. The van der Waals surface area contributed by atoms with Gasteiger partial charge in [-0.3, -0.25) is 9.59 Å². The summed E-state index contributed by atoms with van der Waals surface area (Å²) >= 11 is 0. The number of benzene rings is 2. The van der Waals surface area contributed by atoms with Crippen molar-refractivity contribution < 1.29 is 14.3 Å². The fraction of sp³-hybridized carbons (Fsp3) is 0.333. The summed E-state index contributed by atoms with van der Waals surface area (Å²) in [4.78, 5) is 24.7. The van der Waals surface area contributed by atoms with E-state index in [0.717, 1.165) is 31.2 Å². The van der Waals surface area contributed by atoms with E-state index in [1.807, 2.05) is 31.2 Å². The van der Waals surface area contributed by atoms with Crippen molar-refractivity contribution in [2.75, 3.05) is 11.9 Å². The predicted octanol–water partition coefficient (Wildman–Crippen LogP) is 3.68. The molecule has 0 aromatic heterocycles. The number of carbonyl (C=O) groups excluding carboxylic acids is 2. The van der Waals surface area contributed by atoms with Gasteiger partial charge < -0.3 is 15.4 Å². The molecule has 0 bridgehead atoms. The molecule has 3 rings (SSSR count). The standard InChI is InChI=1S/C21H24N2O3/c1-15-7-6-10-17(13-15)26-14-20(24)23-19-12-5-4-11-18(19)21(25)22-16-8-2-3-9-16/h4-7,10-13,16H,2-3,8-9,14H2,1H3,(H,22,25)(H,23,24). The van der Waals surface area contributed by atoms with Crippen LogP contribution in [0.3, 0.4) is 0 Å². The van der Waals surface area contributed by atoms with Crippen molar-refractivity contribution in [3.63, 3.8) is 0 Å². The second kappa shape index (κ2) is 8.52. The zero-order chi connectivity index (χ0) is 18.4. The van der Waals surface area contributed by atoms with Crippen LogP contribution in [0.25, 0.3) is 0 Å². The summed E-state index contributed by atoms with van der Waals surface area (Å²) in [7, 11) is 0. The van der Waals surface area contributed by atoms with Crippen molar-refractivity contribution in [1.29, 1.82) is 0 Å². The lowest BCUT2D eigenvalue weighted by molar-refractivity contribution is -0.118. The summed E-state index contributed by atoms with van der Waals surface area (Å²) in [6, 6.07) is 14.8. The first-order valence-electron chi connectivity index (χ1n) is 9.01. The Morgan fingerprint density at radius 3 is 2.62 bits per heavy atom. The molecule has 0 atom stereocenters. The van der Waals surface area contributed by atoms with Crippen LogP contribution >= 0.6 is 0 Å². The van der Waals surface area contributed by atoms with E-state index in [1.165, 1.54) is 0 Å². The summed E-state index contributed by atoms with van der Waals surface area (Å²) in [5, 5.41) is 5.83. The van der Waals surface area contributed by atoms with Crippen LogP contribution in [0.4, 0.5) is 5.69 Å². The Labute approximate surface area is 153 Å². The molecular weight excluding hydrogens is 328 g/mol. The third-order valence-electron chi connectivity index (χ3n) is 4.50. The quantitative estimate of drug-likeness (QED) is 0.833. The summed E-state index contributed by atoms with van der Waals surface area (Å²) in [6.07, 6.45) is 4.34. The predicted molar refractivity (Wildman–Crippen MR) is 101 cm³/mol. The highest BCUT2D eigenvalue weighted by atomic mass is 16.5. The zero-order valence-electron chi connectivity index (χ0n) is 15.0. The van der Waals surface area contributed by atoms with Crippen LogP contribution in [0.5, 0.6) is 5.75 Å². The van der Waals surface area contributed by atoms with Crippen LogP contribution in [0.15, 0.2) is 48.5 Å². The molecule has 1 aliphatic rings. The van der Waals surface area contributed by atoms with Gasteiger partial charge in [0.1, 0.15) is 5.75 Å². The molecule has 1 fully saturated rings. The van der Waals surface area contributed by atoms with Crippen LogP contribution in [-0.4, -0.2) is 24.5 Å². The Bertz CT molecular complexity index is 782. The Morgan fingerprint density at radius 2 is 1.85 bits per heavy atom. The number of ether oxygens (including phenoxy) is 1.